The van der Waals surface area contributed by atoms with Gasteiger partial charge in [0.2, 0.25) is 5.91 Å². The van der Waals surface area contributed by atoms with Crippen molar-refractivity contribution in [2.45, 2.75) is 38.6 Å². The van der Waals surface area contributed by atoms with Crippen LogP contribution in [0.1, 0.15) is 36.9 Å². The van der Waals surface area contributed by atoms with E-state index in [2.05, 4.69) is 9.88 Å². The van der Waals surface area contributed by atoms with Gasteiger partial charge in [-0.2, -0.15) is 0 Å². The maximum Gasteiger partial charge on any atom is 0.222 e. The zero-order valence-electron chi connectivity index (χ0n) is 16.6. The highest BCUT2D eigenvalue weighted by Crippen LogP contribution is 2.40. The van der Waals surface area contributed by atoms with Gasteiger partial charge in [-0.25, -0.2) is 8.78 Å². The van der Waals surface area contributed by atoms with E-state index in [-0.39, 0.29) is 11.3 Å². The molecule has 1 amide bonds. The molecule has 4 rings (SSSR count). The van der Waals surface area contributed by atoms with Crippen molar-refractivity contribution in [1.29, 1.82) is 0 Å². The van der Waals surface area contributed by atoms with Crippen LogP contribution < -0.4 is 0 Å². The minimum atomic E-state index is -0.802. The Kier molecular flexibility index (Phi) is 5.90. The van der Waals surface area contributed by atoms with Gasteiger partial charge in [-0.1, -0.05) is 12.1 Å². The Bertz CT molecular complexity index is 850. The summed E-state index contributed by atoms with van der Waals surface area (Å²) in [6, 6.07) is 10.0. The van der Waals surface area contributed by atoms with E-state index >= 15 is 0 Å². The van der Waals surface area contributed by atoms with E-state index in [4.69, 9.17) is 0 Å². The van der Waals surface area contributed by atoms with Gasteiger partial charge in [-0.3, -0.25) is 14.7 Å². The van der Waals surface area contributed by atoms with E-state index in [0.717, 1.165) is 63.1 Å². The van der Waals surface area contributed by atoms with Crippen LogP contribution in [0.4, 0.5) is 8.78 Å². The number of benzene rings is 1. The summed E-state index contributed by atoms with van der Waals surface area (Å²) in [4.78, 5) is 21.1. The van der Waals surface area contributed by atoms with Crippen LogP contribution in [0, 0.1) is 17.0 Å². The van der Waals surface area contributed by atoms with E-state index in [1.54, 1.807) is 12.3 Å². The molecule has 2 saturated heterocycles. The van der Waals surface area contributed by atoms with E-state index in [1.807, 2.05) is 23.1 Å². The minimum Gasteiger partial charge on any atom is -0.342 e. The maximum absolute atomic E-state index is 13.5. The second-order valence-electron chi connectivity index (χ2n) is 8.41. The van der Waals surface area contributed by atoms with Gasteiger partial charge in [0.05, 0.1) is 0 Å². The average Bonchev–Trinajstić information content (AvgIpc) is 2.74. The molecule has 2 aliphatic rings. The third kappa shape index (κ3) is 4.81. The van der Waals surface area contributed by atoms with Crippen molar-refractivity contribution in [3.63, 3.8) is 0 Å². The second kappa shape index (κ2) is 8.57. The predicted octanol–water partition coefficient (Wildman–Crippen LogP) is 3.81. The summed E-state index contributed by atoms with van der Waals surface area (Å²) in [5.41, 5.74) is 2.00. The molecule has 0 aliphatic carbocycles. The summed E-state index contributed by atoms with van der Waals surface area (Å²) in [7, 11) is 0. The van der Waals surface area contributed by atoms with Gasteiger partial charge in [-0.15, -0.1) is 0 Å². The first-order chi connectivity index (χ1) is 14.0. The summed E-state index contributed by atoms with van der Waals surface area (Å²) in [5.74, 6) is -1.34. The van der Waals surface area contributed by atoms with Crippen LogP contribution in [0.3, 0.4) is 0 Å². The Hall–Kier alpha value is -2.34. The third-order valence-electron chi connectivity index (χ3n) is 6.42. The van der Waals surface area contributed by atoms with Crippen LogP contribution in [0.2, 0.25) is 0 Å². The SMILES string of the molecule is O=C1CCC2(CCN(Cc3ccc(F)c(F)c3)CC2)CN1CCc1ccccn1. The molecule has 2 aliphatic heterocycles. The van der Waals surface area contributed by atoms with Crippen molar-refractivity contribution >= 4 is 5.91 Å². The predicted molar refractivity (Wildman–Crippen MR) is 107 cm³/mol. The summed E-state index contributed by atoms with van der Waals surface area (Å²) < 4.78 is 26.6. The van der Waals surface area contributed by atoms with Crippen molar-refractivity contribution < 1.29 is 13.6 Å². The lowest BCUT2D eigenvalue weighted by atomic mass is 9.72. The van der Waals surface area contributed by atoms with Crippen LogP contribution in [-0.2, 0) is 17.8 Å². The second-order valence-corrected chi connectivity index (χ2v) is 8.41. The van der Waals surface area contributed by atoms with Crippen molar-refractivity contribution in [2.75, 3.05) is 26.2 Å². The molecule has 0 radical (unpaired) electrons. The monoisotopic (exact) mass is 399 g/mol. The molecule has 1 spiro atoms. The molecule has 0 N–H and O–H groups in total. The Balaban J connectivity index is 1.32. The number of pyridine rings is 1. The summed E-state index contributed by atoms with van der Waals surface area (Å²) in [6.07, 6.45) is 6.20. The fourth-order valence-corrected chi connectivity index (χ4v) is 4.59. The summed E-state index contributed by atoms with van der Waals surface area (Å²) in [6.45, 7) is 4.01. The van der Waals surface area contributed by atoms with Crippen molar-refractivity contribution in [1.82, 2.24) is 14.8 Å². The molecule has 1 aromatic carbocycles. The van der Waals surface area contributed by atoms with E-state index < -0.39 is 11.6 Å². The molecule has 29 heavy (non-hydrogen) atoms. The lowest BCUT2D eigenvalue weighted by Crippen LogP contribution is -2.51. The topological polar surface area (TPSA) is 36.4 Å². The van der Waals surface area contributed by atoms with Crippen LogP contribution in [-0.4, -0.2) is 46.9 Å². The number of hydrogen-bond donors (Lipinski definition) is 0. The molecule has 0 bridgehead atoms. The molecule has 1 aromatic heterocycles. The van der Waals surface area contributed by atoms with Crippen LogP contribution in [0.5, 0.6) is 0 Å². The summed E-state index contributed by atoms with van der Waals surface area (Å²) >= 11 is 0. The van der Waals surface area contributed by atoms with Crippen LogP contribution in [0.15, 0.2) is 42.6 Å². The van der Waals surface area contributed by atoms with Crippen LogP contribution >= 0.6 is 0 Å². The average molecular weight is 399 g/mol. The van der Waals surface area contributed by atoms with Gasteiger partial charge in [-0.05, 0) is 67.6 Å². The molecule has 2 fully saturated rings. The van der Waals surface area contributed by atoms with Gasteiger partial charge < -0.3 is 4.90 Å². The maximum atomic E-state index is 13.5. The zero-order chi connectivity index (χ0) is 20.3. The quantitative estimate of drug-likeness (QED) is 0.767. The number of aromatic nitrogens is 1. The smallest absolute Gasteiger partial charge is 0.222 e. The Labute approximate surface area is 170 Å². The highest BCUT2D eigenvalue weighted by molar-refractivity contribution is 5.77. The number of hydrogen-bond acceptors (Lipinski definition) is 3. The van der Waals surface area contributed by atoms with E-state index in [9.17, 15) is 13.6 Å². The number of nitrogens with zero attached hydrogens (tertiary/aromatic N) is 3. The molecule has 6 heteroatoms. The normalized spacial score (nSPS) is 19.7. The van der Waals surface area contributed by atoms with Gasteiger partial charge >= 0.3 is 0 Å². The molecular formula is C23H27F2N3O. The first-order valence-corrected chi connectivity index (χ1v) is 10.4. The molecule has 0 saturated carbocycles. The fourth-order valence-electron chi connectivity index (χ4n) is 4.59. The Morgan fingerprint density at radius 3 is 2.59 bits per heavy atom. The Morgan fingerprint density at radius 1 is 1.03 bits per heavy atom. The molecular weight excluding hydrogens is 372 g/mol. The van der Waals surface area contributed by atoms with Gasteiger partial charge in [0, 0.05) is 44.4 Å². The highest BCUT2D eigenvalue weighted by atomic mass is 19.2. The molecule has 2 aromatic rings. The first-order valence-electron chi connectivity index (χ1n) is 10.4. The number of carbonyl (C=O) groups is 1. The summed E-state index contributed by atoms with van der Waals surface area (Å²) in [5, 5.41) is 0. The number of piperidine rings is 2. The van der Waals surface area contributed by atoms with Crippen molar-refractivity contribution in [2.24, 2.45) is 5.41 Å². The minimum absolute atomic E-state index is 0.183. The lowest BCUT2D eigenvalue weighted by Gasteiger charge is -2.47. The number of rotatable bonds is 5. The molecule has 4 nitrogen and oxygen atoms in total. The van der Waals surface area contributed by atoms with Crippen molar-refractivity contribution in [3.8, 4) is 0 Å². The van der Waals surface area contributed by atoms with E-state index in [0.29, 0.717) is 13.0 Å². The molecule has 3 heterocycles. The first kappa shape index (κ1) is 20.0. The molecule has 0 atom stereocenters. The van der Waals surface area contributed by atoms with E-state index in [1.165, 1.54) is 12.1 Å². The molecule has 0 unspecified atom stereocenters. The number of likely N-dealkylation sites (tertiary alicyclic amines) is 2. The Morgan fingerprint density at radius 2 is 1.86 bits per heavy atom. The van der Waals surface area contributed by atoms with Gasteiger partial charge in [0.15, 0.2) is 11.6 Å². The van der Waals surface area contributed by atoms with Crippen molar-refractivity contribution in [3.05, 3.63) is 65.5 Å². The van der Waals surface area contributed by atoms with Gasteiger partial charge in [0.25, 0.3) is 0 Å². The standard InChI is InChI=1S/C23H27F2N3O/c24-20-5-4-18(15-21(20)25)16-27-13-9-23(10-14-27)8-6-22(29)28(17-23)12-7-19-3-1-2-11-26-19/h1-5,11,15H,6-10,12-14,16-17H2. The number of amides is 1. The van der Waals surface area contributed by atoms with Gasteiger partial charge in [0.1, 0.15) is 0 Å². The third-order valence-corrected chi connectivity index (χ3v) is 6.42. The fraction of sp³-hybridized carbons (Fsp3) is 0.478. The number of carbonyl (C=O) groups excluding carboxylic acids is 1. The molecule has 154 valence electrons. The zero-order valence-corrected chi connectivity index (χ0v) is 16.6. The van der Waals surface area contributed by atoms with Crippen LogP contribution in [0.25, 0.3) is 0 Å². The largest absolute Gasteiger partial charge is 0.342 e. The lowest BCUT2D eigenvalue weighted by molar-refractivity contribution is -0.139. The highest BCUT2D eigenvalue weighted by Gasteiger charge is 2.40. The number of halogens is 2.